The van der Waals surface area contributed by atoms with E-state index in [0.717, 1.165) is 18.4 Å². The molecule has 0 spiro atoms. The Labute approximate surface area is 166 Å². The second-order valence-electron chi connectivity index (χ2n) is 8.48. The van der Waals surface area contributed by atoms with Crippen LogP contribution in [-0.2, 0) is 4.79 Å². The number of nitrogens with one attached hydrogen (secondary N) is 1. The molecule has 1 fully saturated rings. The number of urea groups is 1. The zero-order chi connectivity index (χ0) is 20.9. The van der Waals surface area contributed by atoms with E-state index in [0.29, 0.717) is 19.6 Å². The highest BCUT2D eigenvalue weighted by atomic mass is 19.1. The molecular weight excluding hydrogens is 361 g/mol. The zero-order valence-electron chi connectivity index (χ0n) is 17.2. The number of hydrogen-bond donors (Lipinski definition) is 2. The van der Waals surface area contributed by atoms with Gasteiger partial charge in [0.2, 0.25) is 0 Å². The van der Waals surface area contributed by atoms with Crippen LogP contribution in [0, 0.1) is 11.2 Å². The second-order valence-corrected chi connectivity index (χ2v) is 8.48. The van der Waals surface area contributed by atoms with Crippen LogP contribution in [0.3, 0.4) is 0 Å². The number of hydrogen-bond acceptors (Lipinski definition) is 3. The number of carboxylic acid groups (broad SMARTS) is 1. The van der Waals surface area contributed by atoms with Gasteiger partial charge in [0.1, 0.15) is 5.82 Å². The number of rotatable bonds is 6. The first-order valence-corrected chi connectivity index (χ1v) is 9.88. The number of likely N-dealkylation sites (tertiary alicyclic amines) is 1. The molecule has 2 N–H and O–H groups in total. The van der Waals surface area contributed by atoms with E-state index in [9.17, 15) is 14.0 Å². The van der Waals surface area contributed by atoms with Crippen LogP contribution in [0.15, 0.2) is 24.3 Å². The molecule has 0 aliphatic carbocycles. The van der Waals surface area contributed by atoms with E-state index < -0.39 is 5.97 Å². The molecule has 6 nitrogen and oxygen atoms in total. The first-order chi connectivity index (χ1) is 13.1. The van der Waals surface area contributed by atoms with Crippen molar-refractivity contribution >= 4 is 12.0 Å². The maximum Gasteiger partial charge on any atom is 0.317 e. The lowest BCUT2D eigenvalue weighted by atomic mass is 9.82. The average Bonchev–Trinajstić information content (AvgIpc) is 2.64. The van der Waals surface area contributed by atoms with Gasteiger partial charge < -0.3 is 15.3 Å². The van der Waals surface area contributed by atoms with Gasteiger partial charge in [-0.15, -0.1) is 0 Å². The molecule has 0 radical (unpaired) electrons. The SMILES string of the molecule is CCN(CC(=O)O)C1CCN(C(=O)NC(c2ccc(F)cc2)C(C)(C)C)CC1. The summed E-state index contributed by atoms with van der Waals surface area (Å²) >= 11 is 0. The van der Waals surface area contributed by atoms with Crippen LogP contribution in [0.4, 0.5) is 9.18 Å². The third-order valence-corrected chi connectivity index (χ3v) is 5.35. The number of carbonyl (C=O) groups is 2. The average molecular weight is 394 g/mol. The minimum atomic E-state index is -0.825. The number of amides is 2. The molecule has 156 valence electrons. The highest BCUT2D eigenvalue weighted by Crippen LogP contribution is 2.33. The third-order valence-electron chi connectivity index (χ3n) is 5.35. The molecule has 0 saturated carbocycles. The van der Waals surface area contributed by atoms with Gasteiger partial charge in [-0.05, 0) is 42.5 Å². The van der Waals surface area contributed by atoms with Gasteiger partial charge in [-0.25, -0.2) is 9.18 Å². The number of likely N-dealkylation sites (N-methyl/N-ethyl adjacent to an activating group) is 1. The van der Waals surface area contributed by atoms with E-state index in [-0.39, 0.29) is 35.9 Å². The summed E-state index contributed by atoms with van der Waals surface area (Å²) in [6.45, 7) is 9.97. The number of piperidine rings is 1. The summed E-state index contributed by atoms with van der Waals surface area (Å²) in [6.07, 6.45) is 1.51. The highest BCUT2D eigenvalue weighted by molar-refractivity contribution is 5.75. The van der Waals surface area contributed by atoms with Gasteiger partial charge in [0.15, 0.2) is 0 Å². The van der Waals surface area contributed by atoms with E-state index in [2.05, 4.69) is 5.32 Å². The number of carboxylic acids is 1. The van der Waals surface area contributed by atoms with Crippen LogP contribution in [0.1, 0.15) is 52.1 Å². The summed E-state index contributed by atoms with van der Waals surface area (Å²) in [7, 11) is 0. The van der Waals surface area contributed by atoms with Crippen LogP contribution in [0.2, 0.25) is 0 Å². The van der Waals surface area contributed by atoms with Gasteiger partial charge in [-0.2, -0.15) is 0 Å². The van der Waals surface area contributed by atoms with Crippen LogP contribution >= 0.6 is 0 Å². The Bertz CT molecular complexity index is 664. The number of aliphatic carboxylic acids is 1. The molecule has 1 aromatic rings. The summed E-state index contributed by atoms with van der Waals surface area (Å²) in [6, 6.07) is 6.05. The van der Waals surface area contributed by atoms with Crippen LogP contribution in [-0.4, -0.2) is 59.1 Å². The molecule has 1 aliphatic rings. The molecular formula is C21H32FN3O3. The minimum Gasteiger partial charge on any atom is -0.480 e. The molecule has 7 heteroatoms. The van der Waals surface area contributed by atoms with Crippen molar-refractivity contribution in [2.45, 2.75) is 52.6 Å². The molecule has 1 aromatic carbocycles. The van der Waals surface area contributed by atoms with E-state index >= 15 is 0 Å². The molecule has 28 heavy (non-hydrogen) atoms. The van der Waals surface area contributed by atoms with Crippen molar-refractivity contribution in [2.75, 3.05) is 26.2 Å². The Morgan fingerprint density at radius 3 is 2.29 bits per heavy atom. The van der Waals surface area contributed by atoms with E-state index in [1.165, 1.54) is 12.1 Å². The molecule has 1 aliphatic heterocycles. The van der Waals surface area contributed by atoms with Crippen molar-refractivity contribution in [3.8, 4) is 0 Å². The van der Waals surface area contributed by atoms with Crippen molar-refractivity contribution in [1.82, 2.24) is 15.1 Å². The van der Waals surface area contributed by atoms with Crippen molar-refractivity contribution in [1.29, 1.82) is 0 Å². The summed E-state index contributed by atoms with van der Waals surface area (Å²) in [4.78, 5) is 27.6. The Balaban J connectivity index is 1.99. The fraction of sp³-hybridized carbons (Fsp3) is 0.619. The number of nitrogens with zero attached hydrogens (tertiary/aromatic N) is 2. The van der Waals surface area contributed by atoms with Gasteiger partial charge in [0, 0.05) is 19.1 Å². The molecule has 0 aromatic heterocycles. The molecule has 2 amide bonds. The smallest absolute Gasteiger partial charge is 0.317 e. The molecule has 0 bridgehead atoms. The Morgan fingerprint density at radius 2 is 1.82 bits per heavy atom. The summed E-state index contributed by atoms with van der Waals surface area (Å²) in [5.74, 6) is -1.12. The topological polar surface area (TPSA) is 72.9 Å². The Hall–Kier alpha value is -2.15. The van der Waals surface area contributed by atoms with Crippen molar-refractivity contribution in [2.24, 2.45) is 5.41 Å². The highest BCUT2D eigenvalue weighted by Gasteiger charge is 2.32. The van der Waals surface area contributed by atoms with E-state index in [1.807, 2.05) is 32.6 Å². The largest absolute Gasteiger partial charge is 0.480 e. The fourth-order valence-electron chi connectivity index (χ4n) is 3.78. The number of halogens is 1. The van der Waals surface area contributed by atoms with Crippen LogP contribution in [0.25, 0.3) is 0 Å². The zero-order valence-corrected chi connectivity index (χ0v) is 17.2. The van der Waals surface area contributed by atoms with Gasteiger partial charge in [0.05, 0.1) is 12.6 Å². The van der Waals surface area contributed by atoms with Crippen LogP contribution in [0.5, 0.6) is 0 Å². The molecule has 1 atom stereocenters. The number of benzene rings is 1. The van der Waals surface area contributed by atoms with Gasteiger partial charge in [0.25, 0.3) is 0 Å². The summed E-state index contributed by atoms with van der Waals surface area (Å²) in [5, 5.41) is 12.2. The lowest BCUT2D eigenvalue weighted by Gasteiger charge is -2.39. The van der Waals surface area contributed by atoms with Gasteiger partial charge in [-0.1, -0.05) is 39.8 Å². The predicted molar refractivity (Wildman–Crippen MR) is 107 cm³/mol. The number of carbonyl (C=O) groups excluding carboxylic acids is 1. The maximum atomic E-state index is 13.3. The normalized spacial score (nSPS) is 16.9. The van der Waals surface area contributed by atoms with E-state index in [1.54, 1.807) is 17.0 Å². The van der Waals surface area contributed by atoms with E-state index in [4.69, 9.17) is 5.11 Å². The molecule has 1 unspecified atom stereocenters. The first-order valence-electron chi connectivity index (χ1n) is 9.88. The Morgan fingerprint density at radius 1 is 1.25 bits per heavy atom. The van der Waals surface area contributed by atoms with Crippen LogP contribution < -0.4 is 5.32 Å². The fourth-order valence-corrected chi connectivity index (χ4v) is 3.78. The lowest BCUT2D eigenvalue weighted by molar-refractivity contribution is -0.139. The lowest BCUT2D eigenvalue weighted by Crippen LogP contribution is -2.51. The van der Waals surface area contributed by atoms with Gasteiger partial charge in [-0.3, -0.25) is 9.69 Å². The second kappa shape index (κ2) is 9.37. The minimum absolute atomic E-state index is 0.0318. The summed E-state index contributed by atoms with van der Waals surface area (Å²) < 4.78 is 13.3. The van der Waals surface area contributed by atoms with Crippen molar-refractivity contribution < 1.29 is 19.1 Å². The first kappa shape index (κ1) is 22.1. The Kier molecular flexibility index (Phi) is 7.41. The third kappa shape index (κ3) is 5.92. The monoisotopic (exact) mass is 393 g/mol. The molecule has 1 heterocycles. The predicted octanol–water partition coefficient (Wildman–Crippen LogP) is 3.49. The van der Waals surface area contributed by atoms with Gasteiger partial charge >= 0.3 is 12.0 Å². The molecule has 2 rings (SSSR count). The standard InChI is InChI=1S/C21H32FN3O3/c1-5-24(14-18(26)27)17-10-12-25(13-11-17)20(28)23-19(21(2,3)4)15-6-8-16(22)9-7-15/h6-9,17,19H,5,10-14H2,1-4H3,(H,23,28)(H,26,27). The summed E-state index contributed by atoms with van der Waals surface area (Å²) in [5.41, 5.74) is 0.641. The van der Waals surface area contributed by atoms with Crippen molar-refractivity contribution in [3.63, 3.8) is 0 Å². The molecule has 1 saturated heterocycles. The van der Waals surface area contributed by atoms with Crippen molar-refractivity contribution in [3.05, 3.63) is 35.6 Å². The maximum absolute atomic E-state index is 13.3. The quantitative estimate of drug-likeness (QED) is 0.776.